The van der Waals surface area contributed by atoms with Gasteiger partial charge in [0, 0.05) is 12.0 Å². The van der Waals surface area contributed by atoms with Crippen molar-refractivity contribution in [2.24, 2.45) is 5.92 Å². The van der Waals surface area contributed by atoms with Gasteiger partial charge in [0.05, 0.1) is 18.1 Å². The van der Waals surface area contributed by atoms with E-state index in [1.54, 1.807) is 0 Å². The molecule has 0 bridgehead atoms. The minimum absolute atomic E-state index is 0.249. The monoisotopic (exact) mass is 325 g/mol. The summed E-state index contributed by atoms with van der Waals surface area (Å²) in [6.07, 6.45) is 1.47. The third-order valence-electron chi connectivity index (χ3n) is 3.64. The Morgan fingerprint density at radius 3 is 2.52 bits per heavy atom. The van der Waals surface area contributed by atoms with Crippen LogP contribution in [-0.4, -0.2) is 26.1 Å². The number of amides is 1. The maximum atomic E-state index is 12.7. The van der Waals surface area contributed by atoms with E-state index in [-0.39, 0.29) is 11.3 Å². The molecule has 6 nitrogen and oxygen atoms in total. The van der Waals surface area contributed by atoms with Crippen LogP contribution >= 0.6 is 0 Å². The zero-order valence-electron chi connectivity index (χ0n) is 12.2. The van der Waals surface area contributed by atoms with Gasteiger partial charge >= 0.3 is 6.18 Å². The van der Waals surface area contributed by atoms with Crippen molar-refractivity contribution in [3.63, 3.8) is 0 Å². The van der Waals surface area contributed by atoms with Gasteiger partial charge in [-0.15, -0.1) is 0 Å². The molecule has 0 radical (unpaired) electrons. The molecule has 0 spiro atoms. The number of H-pyrrole nitrogens is 1. The standard InChI is InChI=1S/C14H14F3N5O/c1-7-11(21-22-12(7)14(15,16)17)13(23)20-9-5-18-10(19-6-9)4-8-2-3-8/h5-6,8H,2-4H2,1H3,(H,20,23)(H,21,22). The second-order valence-electron chi connectivity index (χ2n) is 5.56. The second-order valence-corrected chi connectivity index (χ2v) is 5.56. The average molecular weight is 325 g/mol. The fourth-order valence-corrected chi connectivity index (χ4v) is 2.19. The molecule has 1 amide bonds. The van der Waals surface area contributed by atoms with Crippen LogP contribution in [0, 0.1) is 12.8 Å². The summed E-state index contributed by atoms with van der Waals surface area (Å²) in [5.41, 5.74) is -1.27. The predicted molar refractivity (Wildman–Crippen MR) is 74.7 cm³/mol. The largest absolute Gasteiger partial charge is 0.433 e. The van der Waals surface area contributed by atoms with E-state index in [9.17, 15) is 18.0 Å². The number of anilines is 1. The molecular weight excluding hydrogens is 311 g/mol. The molecule has 0 saturated heterocycles. The van der Waals surface area contributed by atoms with Gasteiger partial charge in [-0.2, -0.15) is 18.3 Å². The molecule has 122 valence electrons. The van der Waals surface area contributed by atoms with E-state index in [1.807, 2.05) is 5.10 Å². The maximum Gasteiger partial charge on any atom is 0.433 e. The van der Waals surface area contributed by atoms with Crippen molar-refractivity contribution in [1.29, 1.82) is 0 Å². The Hall–Kier alpha value is -2.45. The summed E-state index contributed by atoms with van der Waals surface area (Å²) < 4.78 is 38.0. The van der Waals surface area contributed by atoms with Crippen molar-refractivity contribution in [2.45, 2.75) is 32.4 Å². The fraction of sp³-hybridized carbons (Fsp3) is 0.429. The molecule has 0 aromatic carbocycles. The summed E-state index contributed by atoms with van der Waals surface area (Å²) in [5, 5.41) is 7.74. The molecule has 1 saturated carbocycles. The first-order chi connectivity index (χ1) is 10.8. The Bertz CT molecular complexity index is 719. The lowest BCUT2D eigenvalue weighted by Gasteiger charge is -2.06. The number of carbonyl (C=O) groups excluding carboxylic acids is 1. The van der Waals surface area contributed by atoms with E-state index in [0.29, 0.717) is 17.4 Å². The number of aromatic amines is 1. The summed E-state index contributed by atoms with van der Waals surface area (Å²) in [6.45, 7) is 1.19. The molecule has 0 aliphatic heterocycles. The number of nitrogens with one attached hydrogen (secondary N) is 2. The van der Waals surface area contributed by atoms with E-state index in [4.69, 9.17) is 0 Å². The highest BCUT2D eigenvalue weighted by Gasteiger charge is 2.36. The maximum absolute atomic E-state index is 12.7. The molecule has 0 unspecified atom stereocenters. The van der Waals surface area contributed by atoms with Gasteiger partial charge in [0.1, 0.15) is 11.5 Å². The van der Waals surface area contributed by atoms with Crippen LogP contribution in [0.1, 0.15) is 40.4 Å². The minimum atomic E-state index is -4.58. The van der Waals surface area contributed by atoms with Crippen LogP contribution in [0.2, 0.25) is 0 Å². The van der Waals surface area contributed by atoms with E-state index in [0.717, 1.165) is 6.42 Å². The van der Waals surface area contributed by atoms with Crippen LogP contribution in [0.15, 0.2) is 12.4 Å². The molecule has 2 aromatic heterocycles. The molecule has 23 heavy (non-hydrogen) atoms. The molecule has 2 aromatic rings. The van der Waals surface area contributed by atoms with Gasteiger partial charge in [0.15, 0.2) is 5.69 Å². The number of nitrogens with zero attached hydrogens (tertiary/aromatic N) is 3. The molecule has 1 aliphatic carbocycles. The van der Waals surface area contributed by atoms with E-state index >= 15 is 0 Å². The van der Waals surface area contributed by atoms with Crippen molar-refractivity contribution in [2.75, 3.05) is 5.32 Å². The van der Waals surface area contributed by atoms with Gasteiger partial charge in [-0.25, -0.2) is 9.97 Å². The molecule has 2 N–H and O–H groups in total. The lowest BCUT2D eigenvalue weighted by molar-refractivity contribution is -0.141. The zero-order chi connectivity index (χ0) is 16.6. The average Bonchev–Trinajstić information content (AvgIpc) is 3.19. The highest BCUT2D eigenvalue weighted by molar-refractivity contribution is 6.03. The van der Waals surface area contributed by atoms with Crippen molar-refractivity contribution in [3.8, 4) is 0 Å². The van der Waals surface area contributed by atoms with Crippen molar-refractivity contribution < 1.29 is 18.0 Å². The van der Waals surface area contributed by atoms with Crippen LogP contribution in [-0.2, 0) is 12.6 Å². The Morgan fingerprint density at radius 1 is 1.35 bits per heavy atom. The lowest BCUT2D eigenvalue weighted by atomic mass is 10.2. The quantitative estimate of drug-likeness (QED) is 0.905. The van der Waals surface area contributed by atoms with Crippen molar-refractivity contribution in [3.05, 3.63) is 35.2 Å². The number of rotatable bonds is 4. The van der Waals surface area contributed by atoms with Gasteiger partial charge in [-0.1, -0.05) is 0 Å². The molecule has 1 fully saturated rings. The molecule has 3 rings (SSSR count). The molecule has 0 atom stereocenters. The number of aromatic nitrogens is 4. The predicted octanol–water partition coefficient (Wildman–Crippen LogP) is 2.73. The topological polar surface area (TPSA) is 83.6 Å². The van der Waals surface area contributed by atoms with Crippen LogP contribution in [0.4, 0.5) is 18.9 Å². The SMILES string of the molecule is Cc1c(C(=O)Nc2cnc(CC3CC3)nc2)n[nH]c1C(F)(F)F. The van der Waals surface area contributed by atoms with Gasteiger partial charge in [0.2, 0.25) is 0 Å². The molecule has 2 heterocycles. The number of alkyl halides is 3. The molecule has 9 heteroatoms. The Labute approximate surface area is 129 Å². The van der Waals surface area contributed by atoms with E-state index in [2.05, 4.69) is 20.4 Å². The Kier molecular flexibility index (Phi) is 3.78. The molecular formula is C14H14F3N5O. The summed E-state index contributed by atoms with van der Waals surface area (Å²) in [5.74, 6) is 0.594. The third kappa shape index (κ3) is 3.49. The van der Waals surface area contributed by atoms with Crippen LogP contribution in [0.5, 0.6) is 0 Å². The number of hydrogen-bond donors (Lipinski definition) is 2. The summed E-state index contributed by atoms with van der Waals surface area (Å²) in [4.78, 5) is 20.3. The van der Waals surface area contributed by atoms with Crippen molar-refractivity contribution in [1.82, 2.24) is 20.2 Å². The van der Waals surface area contributed by atoms with E-state index < -0.39 is 17.8 Å². The lowest BCUT2D eigenvalue weighted by Crippen LogP contribution is -2.15. The van der Waals surface area contributed by atoms with Crippen LogP contribution in [0.3, 0.4) is 0 Å². The minimum Gasteiger partial charge on any atom is -0.318 e. The van der Waals surface area contributed by atoms with Gasteiger partial charge in [-0.05, 0) is 25.7 Å². The first-order valence-electron chi connectivity index (χ1n) is 7.09. The summed E-state index contributed by atoms with van der Waals surface area (Å²) >= 11 is 0. The van der Waals surface area contributed by atoms with Gasteiger partial charge < -0.3 is 5.32 Å². The first kappa shape index (κ1) is 15.4. The summed E-state index contributed by atoms with van der Waals surface area (Å²) in [6, 6.07) is 0. The van der Waals surface area contributed by atoms with Crippen LogP contribution < -0.4 is 5.32 Å². The van der Waals surface area contributed by atoms with Gasteiger partial charge in [0.25, 0.3) is 5.91 Å². The smallest absolute Gasteiger partial charge is 0.318 e. The number of carbonyl (C=O) groups is 1. The Balaban J connectivity index is 1.70. The van der Waals surface area contributed by atoms with Gasteiger partial charge in [-0.3, -0.25) is 9.89 Å². The zero-order valence-corrected chi connectivity index (χ0v) is 12.2. The highest BCUT2D eigenvalue weighted by atomic mass is 19.4. The van der Waals surface area contributed by atoms with Crippen molar-refractivity contribution >= 4 is 11.6 Å². The number of hydrogen-bond acceptors (Lipinski definition) is 4. The Morgan fingerprint density at radius 2 is 2.00 bits per heavy atom. The fourth-order valence-electron chi connectivity index (χ4n) is 2.19. The number of halogens is 3. The highest BCUT2D eigenvalue weighted by Crippen LogP contribution is 2.32. The van der Waals surface area contributed by atoms with E-state index in [1.165, 1.54) is 32.2 Å². The van der Waals surface area contributed by atoms with Crippen LogP contribution in [0.25, 0.3) is 0 Å². The second kappa shape index (κ2) is 5.64. The first-order valence-corrected chi connectivity index (χ1v) is 7.09. The third-order valence-corrected chi connectivity index (χ3v) is 3.64. The summed E-state index contributed by atoms with van der Waals surface area (Å²) in [7, 11) is 0. The molecule has 1 aliphatic rings. The normalized spacial score (nSPS) is 14.8.